The van der Waals surface area contributed by atoms with Crippen molar-refractivity contribution in [2.75, 3.05) is 30.3 Å². The number of rotatable bonds is 2. The van der Waals surface area contributed by atoms with Crippen LogP contribution in [0.15, 0.2) is 18.2 Å². The van der Waals surface area contributed by atoms with Crippen molar-refractivity contribution in [1.82, 2.24) is 0 Å². The summed E-state index contributed by atoms with van der Waals surface area (Å²) in [4.78, 5) is 2.18. The maximum absolute atomic E-state index is 9.07. The van der Waals surface area contributed by atoms with Crippen molar-refractivity contribution in [3.63, 3.8) is 0 Å². The average Bonchev–Trinajstić information content (AvgIpc) is 2.70. The van der Waals surface area contributed by atoms with Crippen molar-refractivity contribution in [1.29, 1.82) is 0 Å². The fourth-order valence-corrected chi connectivity index (χ4v) is 2.17. The summed E-state index contributed by atoms with van der Waals surface area (Å²) in [6, 6.07) is 5.67. The van der Waals surface area contributed by atoms with Gasteiger partial charge in [0.25, 0.3) is 0 Å². The first-order valence-corrected chi connectivity index (χ1v) is 5.50. The predicted octanol–water partition coefficient (Wildman–Crippen LogP) is 1.74. The number of halogens is 1. The van der Waals surface area contributed by atoms with Gasteiger partial charge in [0.2, 0.25) is 0 Å². The number of aliphatic hydroxyl groups excluding tert-OH is 1. The smallest absolute Gasteiger partial charge is 0.0741 e. The zero-order chi connectivity index (χ0) is 10.8. The Morgan fingerprint density at radius 3 is 3.00 bits per heavy atom. The summed E-state index contributed by atoms with van der Waals surface area (Å²) in [7, 11) is 0. The van der Waals surface area contributed by atoms with Crippen LogP contribution in [0, 0.1) is 5.92 Å². The molecule has 3 N–H and O–H groups in total. The number of anilines is 2. The topological polar surface area (TPSA) is 49.5 Å². The first kappa shape index (κ1) is 10.6. The summed E-state index contributed by atoms with van der Waals surface area (Å²) >= 11 is 5.96. The number of nitrogen functional groups attached to an aromatic ring is 1. The Hall–Kier alpha value is -0.930. The molecule has 1 aromatic carbocycles. The van der Waals surface area contributed by atoms with Gasteiger partial charge >= 0.3 is 0 Å². The van der Waals surface area contributed by atoms with Gasteiger partial charge < -0.3 is 15.7 Å². The van der Waals surface area contributed by atoms with Gasteiger partial charge in [-0.2, -0.15) is 0 Å². The summed E-state index contributed by atoms with van der Waals surface area (Å²) in [5.41, 5.74) is 7.53. The summed E-state index contributed by atoms with van der Waals surface area (Å²) < 4.78 is 0. The van der Waals surface area contributed by atoms with Crippen LogP contribution >= 0.6 is 11.6 Å². The molecule has 0 spiro atoms. The number of benzene rings is 1. The largest absolute Gasteiger partial charge is 0.396 e. The molecular weight excluding hydrogens is 212 g/mol. The normalized spacial score (nSPS) is 20.9. The minimum Gasteiger partial charge on any atom is -0.396 e. The molecule has 0 radical (unpaired) electrons. The fourth-order valence-electron chi connectivity index (χ4n) is 2.00. The number of nitrogens with zero attached hydrogens (tertiary/aromatic N) is 1. The Morgan fingerprint density at radius 1 is 1.53 bits per heavy atom. The van der Waals surface area contributed by atoms with Crippen molar-refractivity contribution in [2.45, 2.75) is 6.42 Å². The van der Waals surface area contributed by atoms with Gasteiger partial charge in [-0.25, -0.2) is 0 Å². The highest BCUT2D eigenvalue weighted by Gasteiger charge is 2.23. The first-order chi connectivity index (χ1) is 7.22. The van der Waals surface area contributed by atoms with Gasteiger partial charge in [0.05, 0.1) is 16.4 Å². The lowest BCUT2D eigenvalue weighted by atomic mass is 10.1. The van der Waals surface area contributed by atoms with E-state index in [2.05, 4.69) is 4.90 Å². The molecule has 82 valence electrons. The molecule has 1 fully saturated rings. The van der Waals surface area contributed by atoms with E-state index < -0.39 is 0 Å². The lowest BCUT2D eigenvalue weighted by Gasteiger charge is -2.20. The SMILES string of the molecule is Nc1c(Cl)cccc1N1CCC(CO)C1. The zero-order valence-electron chi connectivity index (χ0n) is 8.49. The van der Waals surface area contributed by atoms with Crippen LogP contribution in [0.5, 0.6) is 0 Å². The second-order valence-electron chi connectivity index (χ2n) is 3.96. The van der Waals surface area contributed by atoms with E-state index in [1.807, 2.05) is 12.1 Å². The summed E-state index contributed by atoms with van der Waals surface area (Å²) in [6.07, 6.45) is 1.02. The molecule has 1 saturated heterocycles. The highest BCUT2D eigenvalue weighted by atomic mass is 35.5. The van der Waals surface area contributed by atoms with E-state index in [0.29, 0.717) is 16.6 Å². The molecule has 1 aromatic rings. The van der Waals surface area contributed by atoms with Crippen molar-refractivity contribution in [3.05, 3.63) is 23.2 Å². The Bertz CT molecular complexity index is 356. The van der Waals surface area contributed by atoms with Gasteiger partial charge in [-0.1, -0.05) is 17.7 Å². The first-order valence-electron chi connectivity index (χ1n) is 5.12. The molecule has 2 rings (SSSR count). The fraction of sp³-hybridized carbons (Fsp3) is 0.455. The third-order valence-corrected chi connectivity index (χ3v) is 3.24. The highest BCUT2D eigenvalue weighted by molar-refractivity contribution is 6.33. The summed E-state index contributed by atoms with van der Waals surface area (Å²) in [5, 5.41) is 9.67. The van der Waals surface area contributed by atoms with Gasteiger partial charge in [-0.3, -0.25) is 0 Å². The number of aliphatic hydroxyl groups is 1. The van der Waals surface area contributed by atoms with E-state index in [1.165, 1.54) is 0 Å². The van der Waals surface area contributed by atoms with Crippen LogP contribution in [-0.2, 0) is 0 Å². The number of hydrogen-bond acceptors (Lipinski definition) is 3. The minimum absolute atomic E-state index is 0.247. The minimum atomic E-state index is 0.247. The molecule has 1 unspecified atom stereocenters. The molecule has 0 amide bonds. The van der Waals surface area contributed by atoms with Crippen LogP contribution in [0.25, 0.3) is 0 Å². The van der Waals surface area contributed by atoms with E-state index in [4.69, 9.17) is 22.4 Å². The zero-order valence-corrected chi connectivity index (χ0v) is 9.24. The average molecular weight is 227 g/mol. The number of hydrogen-bond donors (Lipinski definition) is 2. The lowest BCUT2D eigenvalue weighted by molar-refractivity contribution is 0.238. The molecule has 0 bridgehead atoms. The van der Waals surface area contributed by atoms with Gasteiger partial charge in [0.15, 0.2) is 0 Å². The Labute approximate surface area is 94.4 Å². The molecule has 1 heterocycles. The summed E-state index contributed by atoms with van der Waals surface area (Å²) in [5.74, 6) is 0.364. The van der Waals surface area contributed by atoms with E-state index in [0.717, 1.165) is 25.2 Å². The van der Waals surface area contributed by atoms with Crippen molar-refractivity contribution in [2.24, 2.45) is 5.92 Å². The molecule has 1 aliphatic heterocycles. The van der Waals surface area contributed by atoms with Crippen LogP contribution in [0.3, 0.4) is 0 Å². The quantitative estimate of drug-likeness (QED) is 0.756. The van der Waals surface area contributed by atoms with E-state index >= 15 is 0 Å². The van der Waals surface area contributed by atoms with Crippen molar-refractivity contribution in [3.8, 4) is 0 Å². The van der Waals surface area contributed by atoms with Crippen LogP contribution in [0.2, 0.25) is 5.02 Å². The highest BCUT2D eigenvalue weighted by Crippen LogP contribution is 2.33. The molecule has 0 aromatic heterocycles. The Kier molecular flexibility index (Phi) is 3.03. The van der Waals surface area contributed by atoms with Gasteiger partial charge in [0.1, 0.15) is 0 Å². The van der Waals surface area contributed by atoms with Gasteiger partial charge in [-0.15, -0.1) is 0 Å². The molecule has 4 heteroatoms. The Morgan fingerprint density at radius 2 is 2.33 bits per heavy atom. The molecule has 15 heavy (non-hydrogen) atoms. The van der Waals surface area contributed by atoms with Crippen LogP contribution in [-0.4, -0.2) is 24.8 Å². The molecule has 1 aliphatic rings. The maximum atomic E-state index is 9.07. The van der Waals surface area contributed by atoms with Crippen LogP contribution in [0.4, 0.5) is 11.4 Å². The molecule has 3 nitrogen and oxygen atoms in total. The van der Waals surface area contributed by atoms with E-state index in [1.54, 1.807) is 6.07 Å². The Balaban J connectivity index is 2.20. The van der Waals surface area contributed by atoms with Crippen LogP contribution in [0.1, 0.15) is 6.42 Å². The second-order valence-corrected chi connectivity index (χ2v) is 4.36. The van der Waals surface area contributed by atoms with E-state index in [9.17, 15) is 0 Å². The summed E-state index contributed by atoms with van der Waals surface area (Å²) in [6.45, 7) is 2.05. The van der Waals surface area contributed by atoms with Crippen molar-refractivity contribution < 1.29 is 5.11 Å². The third-order valence-electron chi connectivity index (χ3n) is 2.91. The van der Waals surface area contributed by atoms with E-state index in [-0.39, 0.29) is 6.61 Å². The number of para-hydroxylation sites is 1. The van der Waals surface area contributed by atoms with Crippen LogP contribution < -0.4 is 10.6 Å². The molecule has 0 aliphatic carbocycles. The standard InChI is InChI=1S/C11H15ClN2O/c12-9-2-1-3-10(11(9)13)14-5-4-8(6-14)7-15/h1-3,8,15H,4-7,13H2. The molecule has 0 saturated carbocycles. The second kappa shape index (κ2) is 4.29. The third kappa shape index (κ3) is 2.03. The molecule has 1 atom stereocenters. The van der Waals surface area contributed by atoms with Gasteiger partial charge in [-0.05, 0) is 18.6 Å². The monoisotopic (exact) mass is 226 g/mol. The predicted molar refractivity (Wildman–Crippen MR) is 63.3 cm³/mol. The number of nitrogens with two attached hydrogens (primary N) is 1. The maximum Gasteiger partial charge on any atom is 0.0741 e. The molecular formula is C11H15ClN2O. The lowest BCUT2D eigenvalue weighted by Crippen LogP contribution is -2.21. The van der Waals surface area contributed by atoms with Gasteiger partial charge in [0, 0.05) is 25.6 Å². The van der Waals surface area contributed by atoms with Crippen molar-refractivity contribution >= 4 is 23.0 Å².